The summed E-state index contributed by atoms with van der Waals surface area (Å²) in [5.41, 5.74) is 14.5. The zero-order valence-electron chi connectivity index (χ0n) is 35.6. The van der Waals surface area contributed by atoms with Crippen LogP contribution in [0, 0.1) is 0 Å². The summed E-state index contributed by atoms with van der Waals surface area (Å²) < 4.78 is 6.17. The van der Waals surface area contributed by atoms with E-state index < -0.39 is 0 Å². The average molecular weight is 846 g/mol. The van der Waals surface area contributed by atoms with Crippen LogP contribution in [0.1, 0.15) is 58.6 Å². The van der Waals surface area contributed by atoms with E-state index >= 15 is 0 Å². The number of nitrogens with zero attached hydrogens (tertiary/aromatic N) is 9. The van der Waals surface area contributed by atoms with Gasteiger partial charge in [-0.15, -0.1) is 0 Å². The Labute approximate surface area is 369 Å². The lowest BCUT2D eigenvalue weighted by Crippen LogP contribution is -2.44. The number of anilines is 1. The Bertz CT molecular complexity index is 3190. The zero-order valence-corrected chi connectivity index (χ0v) is 35.6. The van der Waals surface area contributed by atoms with Crippen molar-refractivity contribution in [3.8, 4) is 28.4 Å². The molecular formula is C50H47N13O. The van der Waals surface area contributed by atoms with Gasteiger partial charge in [-0.05, 0) is 80.5 Å². The molecule has 0 amide bonds. The van der Waals surface area contributed by atoms with Crippen molar-refractivity contribution in [2.75, 3.05) is 51.2 Å². The summed E-state index contributed by atoms with van der Waals surface area (Å²) in [4.78, 5) is 41.8. The van der Waals surface area contributed by atoms with Crippen LogP contribution >= 0.6 is 0 Å². The number of piperidine rings is 1. The highest BCUT2D eigenvalue weighted by Crippen LogP contribution is 2.37. The fraction of sp³-hybridized carbons (Fsp3) is 0.260. The van der Waals surface area contributed by atoms with E-state index in [2.05, 4.69) is 89.7 Å². The van der Waals surface area contributed by atoms with Gasteiger partial charge in [0.05, 0.1) is 87.8 Å². The van der Waals surface area contributed by atoms with Crippen molar-refractivity contribution < 1.29 is 4.74 Å². The van der Waals surface area contributed by atoms with Gasteiger partial charge in [-0.25, -0.2) is 0 Å². The van der Waals surface area contributed by atoms with Crippen LogP contribution in [0.4, 0.5) is 5.69 Å². The van der Waals surface area contributed by atoms with Crippen LogP contribution in [0.5, 0.6) is 5.75 Å². The van der Waals surface area contributed by atoms with Crippen LogP contribution < -0.4 is 15.0 Å². The molecule has 3 aliphatic rings. The predicted molar refractivity (Wildman–Crippen MR) is 250 cm³/mol. The number of ether oxygens (including phenoxy) is 1. The van der Waals surface area contributed by atoms with Crippen LogP contribution in [0.2, 0.25) is 0 Å². The number of pyridine rings is 5. The van der Waals surface area contributed by atoms with Gasteiger partial charge < -0.3 is 29.8 Å². The monoisotopic (exact) mass is 845 g/mol. The summed E-state index contributed by atoms with van der Waals surface area (Å²) in [6, 6.07) is 22.8. The molecule has 1 atom stereocenters. The number of nitrogens with one attached hydrogen (secondary N) is 4. The molecule has 2 fully saturated rings. The minimum absolute atomic E-state index is 0.249. The average Bonchev–Trinajstić information content (AvgIpc) is 4.10. The minimum Gasteiger partial charge on any atom is -0.487 e. The minimum atomic E-state index is -0.249. The van der Waals surface area contributed by atoms with Gasteiger partial charge in [0.2, 0.25) is 0 Å². The SMILES string of the molecule is CN1CCN(c2cncc3[nH]c(C4=NC(c5cc6cc(-c7n[nH]c8cnc(C9CCNCC9)cc78)[nH]c6cn5)Cc5cnc(-c6cncc(OCc7ccccc7)c6)cc54)cc23)CC1. The maximum atomic E-state index is 6.17. The van der Waals surface area contributed by atoms with Crippen molar-refractivity contribution in [3.05, 3.63) is 144 Å². The van der Waals surface area contributed by atoms with Crippen LogP contribution in [-0.2, 0) is 13.0 Å². The lowest BCUT2D eigenvalue weighted by Gasteiger charge is -2.34. The lowest BCUT2D eigenvalue weighted by molar-refractivity contribution is 0.305. The molecule has 14 nitrogen and oxygen atoms in total. The molecule has 0 bridgehead atoms. The van der Waals surface area contributed by atoms with Crippen LogP contribution in [0.25, 0.3) is 55.4 Å². The number of H-pyrrole nitrogens is 3. The number of rotatable bonds is 9. The molecule has 1 aromatic carbocycles. The molecule has 4 N–H and O–H groups in total. The van der Waals surface area contributed by atoms with Crippen LogP contribution in [0.15, 0.2) is 115 Å². The smallest absolute Gasteiger partial charge is 0.138 e. The molecule has 12 rings (SSSR count). The lowest BCUT2D eigenvalue weighted by atomic mass is 9.91. The largest absolute Gasteiger partial charge is 0.487 e. The van der Waals surface area contributed by atoms with Gasteiger partial charge in [-0.3, -0.25) is 35.0 Å². The Morgan fingerprint density at radius 3 is 2.44 bits per heavy atom. The topological polar surface area (TPSA) is 165 Å². The zero-order chi connectivity index (χ0) is 42.6. The van der Waals surface area contributed by atoms with E-state index in [1.165, 1.54) is 0 Å². The molecule has 0 saturated carbocycles. The highest BCUT2D eigenvalue weighted by Gasteiger charge is 2.28. The number of aliphatic imine (C=N–C) groups is 1. The first-order valence-electron chi connectivity index (χ1n) is 22.2. The van der Waals surface area contributed by atoms with Crippen molar-refractivity contribution in [2.24, 2.45) is 4.99 Å². The predicted octanol–water partition coefficient (Wildman–Crippen LogP) is 7.77. The van der Waals surface area contributed by atoms with Crippen LogP contribution in [-0.4, -0.2) is 102 Å². The molecule has 14 heteroatoms. The Kier molecular flexibility index (Phi) is 9.67. The van der Waals surface area contributed by atoms with E-state index in [1.54, 1.807) is 6.20 Å². The standard InChI is InChI=1S/C50H47N13O/c1-62-11-13-63(14-12-62)48-28-53-25-46-37(48)20-44(58-46)49-36-19-40(34-15-35(24-52-22-34)64-29-30-5-3-2-4-6-30)54-23-33(36)18-42(59-49)41-16-32-17-43(57-45(32)26-56-41)50-38-21-39(31-7-9-51-10-8-31)55-27-47(38)60-61-50/h2-6,15-17,19-28,31,42,51,57-58H,7-14,18,29H2,1H3,(H,60,61). The normalized spacial score (nSPS) is 17.3. The summed E-state index contributed by atoms with van der Waals surface area (Å²) >= 11 is 0. The molecule has 318 valence electrons. The first-order chi connectivity index (χ1) is 31.6. The fourth-order valence-corrected chi connectivity index (χ4v) is 9.57. The van der Waals surface area contributed by atoms with E-state index in [-0.39, 0.29) is 6.04 Å². The van der Waals surface area contributed by atoms with Gasteiger partial charge in [-0.1, -0.05) is 30.3 Å². The highest BCUT2D eigenvalue weighted by atomic mass is 16.5. The molecule has 9 aromatic rings. The van der Waals surface area contributed by atoms with E-state index in [0.717, 1.165) is 153 Å². The van der Waals surface area contributed by atoms with Crippen molar-refractivity contribution in [3.63, 3.8) is 0 Å². The molecule has 2 saturated heterocycles. The second-order valence-corrected chi connectivity index (χ2v) is 17.3. The molecule has 11 heterocycles. The summed E-state index contributed by atoms with van der Waals surface area (Å²) in [6.45, 7) is 6.40. The maximum absolute atomic E-state index is 6.17. The first kappa shape index (κ1) is 38.4. The molecular weight excluding hydrogens is 799 g/mol. The molecule has 3 aliphatic heterocycles. The Balaban J connectivity index is 0.910. The third-order valence-corrected chi connectivity index (χ3v) is 13.2. The number of piperazine rings is 1. The molecule has 0 aliphatic carbocycles. The number of hydrogen-bond donors (Lipinski definition) is 4. The second kappa shape index (κ2) is 16.1. The van der Waals surface area contributed by atoms with E-state index in [4.69, 9.17) is 29.8 Å². The van der Waals surface area contributed by atoms with Crippen molar-refractivity contribution in [1.29, 1.82) is 0 Å². The Morgan fingerprint density at radius 2 is 1.55 bits per heavy atom. The summed E-state index contributed by atoms with van der Waals surface area (Å²) in [5, 5.41) is 14.7. The van der Waals surface area contributed by atoms with E-state index in [1.807, 2.05) is 61.4 Å². The third kappa shape index (κ3) is 7.23. The van der Waals surface area contributed by atoms with Gasteiger partial charge >= 0.3 is 0 Å². The highest BCUT2D eigenvalue weighted by molar-refractivity contribution is 6.16. The van der Waals surface area contributed by atoms with Crippen molar-refractivity contribution in [2.45, 2.75) is 37.8 Å². The summed E-state index contributed by atoms with van der Waals surface area (Å²) in [6.07, 6.45) is 16.2. The van der Waals surface area contributed by atoms with E-state index in [9.17, 15) is 0 Å². The van der Waals surface area contributed by atoms with Crippen molar-refractivity contribution in [1.82, 2.24) is 55.3 Å². The quantitative estimate of drug-likeness (QED) is 0.113. The number of fused-ring (bicyclic) bond motifs is 4. The van der Waals surface area contributed by atoms with E-state index in [0.29, 0.717) is 24.7 Å². The number of benzene rings is 1. The first-order valence-corrected chi connectivity index (χ1v) is 22.2. The van der Waals surface area contributed by atoms with Gasteiger partial charge in [0.15, 0.2) is 0 Å². The number of aromatic amines is 3. The number of hydrogen-bond acceptors (Lipinski definition) is 11. The van der Waals surface area contributed by atoms with Gasteiger partial charge in [0.1, 0.15) is 18.1 Å². The molecule has 64 heavy (non-hydrogen) atoms. The molecule has 0 radical (unpaired) electrons. The van der Waals surface area contributed by atoms with Crippen LogP contribution in [0.3, 0.4) is 0 Å². The Morgan fingerprint density at radius 1 is 0.719 bits per heavy atom. The number of aromatic nitrogens is 9. The van der Waals surface area contributed by atoms with Gasteiger partial charge in [0.25, 0.3) is 0 Å². The third-order valence-electron chi connectivity index (χ3n) is 13.2. The second-order valence-electron chi connectivity index (χ2n) is 17.3. The van der Waals surface area contributed by atoms with Gasteiger partial charge in [0, 0.05) is 83.9 Å². The summed E-state index contributed by atoms with van der Waals surface area (Å²) in [7, 11) is 2.18. The fourth-order valence-electron chi connectivity index (χ4n) is 9.57. The van der Waals surface area contributed by atoms with Crippen molar-refractivity contribution >= 4 is 44.1 Å². The molecule has 0 spiro atoms. The molecule has 8 aromatic heterocycles. The Hall–Kier alpha value is -7.29. The maximum Gasteiger partial charge on any atom is 0.138 e. The molecule has 1 unspecified atom stereocenters. The summed E-state index contributed by atoms with van der Waals surface area (Å²) in [5.74, 6) is 1.13. The number of likely N-dealkylation sites (N-methyl/N-ethyl adjacent to an activating group) is 1. The van der Waals surface area contributed by atoms with Gasteiger partial charge in [-0.2, -0.15) is 5.10 Å².